The highest BCUT2D eigenvalue weighted by atomic mass is 32.2. The van der Waals surface area contributed by atoms with E-state index in [9.17, 15) is 13.2 Å². The molecule has 1 unspecified atom stereocenters. The summed E-state index contributed by atoms with van der Waals surface area (Å²) in [7, 11) is 0. The van der Waals surface area contributed by atoms with Gasteiger partial charge in [0, 0.05) is 24.9 Å². The van der Waals surface area contributed by atoms with Crippen LogP contribution in [0.2, 0.25) is 0 Å². The molecule has 0 aromatic heterocycles. The van der Waals surface area contributed by atoms with Crippen LogP contribution < -0.4 is 5.32 Å². The first-order valence-corrected chi connectivity index (χ1v) is 7.03. The Morgan fingerprint density at radius 2 is 2.12 bits per heavy atom. The van der Waals surface area contributed by atoms with Crippen LogP contribution in [0.25, 0.3) is 0 Å². The van der Waals surface area contributed by atoms with Crippen LogP contribution in [-0.2, 0) is 0 Å². The van der Waals surface area contributed by atoms with E-state index >= 15 is 0 Å². The smallest absolute Gasteiger partial charge is 0.312 e. The van der Waals surface area contributed by atoms with E-state index in [2.05, 4.69) is 24.1 Å². The number of nitrogens with one attached hydrogen (secondary N) is 1. The van der Waals surface area contributed by atoms with Crippen molar-refractivity contribution in [3.05, 3.63) is 0 Å². The van der Waals surface area contributed by atoms with E-state index < -0.39 is 5.51 Å². The van der Waals surface area contributed by atoms with Gasteiger partial charge in [-0.15, -0.1) is 0 Å². The van der Waals surface area contributed by atoms with Crippen molar-refractivity contribution in [1.82, 2.24) is 10.2 Å². The van der Waals surface area contributed by atoms with Gasteiger partial charge in [0.15, 0.2) is 0 Å². The quantitative estimate of drug-likeness (QED) is 0.845. The van der Waals surface area contributed by atoms with Crippen LogP contribution in [0.1, 0.15) is 20.3 Å². The molecule has 1 N–H and O–H groups in total. The summed E-state index contributed by atoms with van der Waals surface area (Å²) in [4.78, 5) is 2.14. The van der Waals surface area contributed by atoms with Crippen molar-refractivity contribution in [2.75, 3.05) is 31.9 Å². The maximum atomic E-state index is 12.0. The third kappa shape index (κ3) is 6.52. The lowest BCUT2D eigenvalue weighted by Gasteiger charge is -2.26. The monoisotopic (exact) mass is 270 g/mol. The second kappa shape index (κ2) is 6.85. The van der Waals surface area contributed by atoms with Gasteiger partial charge in [-0.05, 0) is 37.2 Å². The maximum Gasteiger partial charge on any atom is 0.441 e. The molecule has 6 heteroatoms. The van der Waals surface area contributed by atoms with Crippen molar-refractivity contribution in [1.29, 1.82) is 0 Å². The lowest BCUT2D eigenvalue weighted by Crippen LogP contribution is -2.41. The molecule has 0 bridgehead atoms. The molecule has 2 nitrogen and oxygen atoms in total. The van der Waals surface area contributed by atoms with Crippen molar-refractivity contribution in [2.45, 2.75) is 31.8 Å². The van der Waals surface area contributed by atoms with Crippen molar-refractivity contribution < 1.29 is 13.2 Å². The van der Waals surface area contributed by atoms with Gasteiger partial charge < -0.3 is 10.2 Å². The lowest BCUT2D eigenvalue weighted by molar-refractivity contribution is -0.0328. The lowest BCUT2D eigenvalue weighted by atomic mass is 10.0. The standard InChI is InChI=1S/C11H21F3N2S/c1-9(2)10-8-16(5-3-4-15-10)6-7-17-11(12,13)14/h9-10,15H,3-8H2,1-2H3. The van der Waals surface area contributed by atoms with Crippen molar-refractivity contribution >= 4 is 11.8 Å². The zero-order valence-electron chi connectivity index (χ0n) is 10.4. The molecule has 1 saturated heterocycles. The maximum absolute atomic E-state index is 12.0. The van der Waals surface area contributed by atoms with Crippen molar-refractivity contribution in [3.63, 3.8) is 0 Å². The van der Waals surface area contributed by atoms with Crippen LogP contribution in [0.15, 0.2) is 0 Å². The van der Waals surface area contributed by atoms with Gasteiger partial charge in [-0.1, -0.05) is 13.8 Å². The topological polar surface area (TPSA) is 15.3 Å². The van der Waals surface area contributed by atoms with E-state index in [1.54, 1.807) is 0 Å². The Balaban J connectivity index is 2.31. The molecular formula is C11H21F3N2S. The zero-order chi connectivity index (χ0) is 12.9. The fraction of sp³-hybridized carbons (Fsp3) is 1.00. The molecular weight excluding hydrogens is 249 g/mol. The van der Waals surface area contributed by atoms with E-state index in [0.29, 0.717) is 18.5 Å². The highest BCUT2D eigenvalue weighted by Gasteiger charge is 2.28. The van der Waals surface area contributed by atoms with E-state index in [-0.39, 0.29) is 17.5 Å². The molecule has 1 rings (SSSR count). The SMILES string of the molecule is CC(C)C1CN(CCSC(F)(F)F)CCCN1. The third-order valence-corrected chi connectivity index (χ3v) is 3.70. The second-order valence-electron chi connectivity index (χ2n) is 4.75. The summed E-state index contributed by atoms with van der Waals surface area (Å²) in [5.41, 5.74) is -4.10. The van der Waals surface area contributed by atoms with E-state index in [0.717, 1.165) is 26.1 Å². The van der Waals surface area contributed by atoms with Gasteiger partial charge in [-0.25, -0.2) is 0 Å². The van der Waals surface area contributed by atoms with Gasteiger partial charge in [-0.2, -0.15) is 13.2 Å². The molecule has 1 fully saturated rings. The number of rotatable bonds is 4. The molecule has 17 heavy (non-hydrogen) atoms. The number of halogens is 3. The molecule has 0 amide bonds. The molecule has 0 aromatic carbocycles. The summed E-state index contributed by atoms with van der Waals surface area (Å²) >= 11 is 0.0816. The number of nitrogens with zero attached hydrogens (tertiary/aromatic N) is 1. The molecule has 1 atom stereocenters. The molecule has 0 saturated carbocycles. The zero-order valence-corrected chi connectivity index (χ0v) is 11.2. The van der Waals surface area contributed by atoms with E-state index in [4.69, 9.17) is 0 Å². The van der Waals surface area contributed by atoms with Crippen LogP contribution in [0.4, 0.5) is 13.2 Å². The predicted octanol–water partition coefficient (Wildman–Crippen LogP) is 2.56. The summed E-state index contributed by atoms with van der Waals surface area (Å²) in [6.07, 6.45) is 1.01. The molecule has 0 radical (unpaired) electrons. The van der Waals surface area contributed by atoms with Crippen LogP contribution in [0, 0.1) is 5.92 Å². The third-order valence-electron chi connectivity index (χ3n) is 2.99. The fourth-order valence-corrected chi connectivity index (χ4v) is 2.55. The molecule has 1 aliphatic rings. The first-order valence-electron chi connectivity index (χ1n) is 6.05. The van der Waals surface area contributed by atoms with Gasteiger partial charge in [0.25, 0.3) is 0 Å². The Morgan fingerprint density at radius 1 is 1.41 bits per heavy atom. The van der Waals surface area contributed by atoms with Crippen LogP contribution in [0.5, 0.6) is 0 Å². The van der Waals surface area contributed by atoms with E-state index in [1.807, 2.05) is 0 Å². The number of thioether (sulfide) groups is 1. The second-order valence-corrected chi connectivity index (χ2v) is 5.91. The predicted molar refractivity (Wildman–Crippen MR) is 66.2 cm³/mol. The average Bonchev–Trinajstić information content (AvgIpc) is 2.41. The molecule has 102 valence electrons. The summed E-state index contributed by atoms with van der Waals surface area (Å²) < 4.78 is 36.1. The molecule has 0 spiro atoms. The first-order chi connectivity index (χ1) is 7.88. The number of hydrogen-bond donors (Lipinski definition) is 1. The fourth-order valence-electron chi connectivity index (χ4n) is 1.96. The van der Waals surface area contributed by atoms with Gasteiger partial charge in [0.2, 0.25) is 0 Å². The highest BCUT2D eigenvalue weighted by Crippen LogP contribution is 2.29. The van der Waals surface area contributed by atoms with Crippen molar-refractivity contribution in [3.8, 4) is 0 Å². The van der Waals surface area contributed by atoms with Gasteiger partial charge in [0.05, 0.1) is 0 Å². The van der Waals surface area contributed by atoms with Crippen LogP contribution in [-0.4, -0.2) is 48.4 Å². The molecule has 1 aliphatic heterocycles. The summed E-state index contributed by atoms with van der Waals surface area (Å²) in [6, 6.07) is 0.397. The Labute approximate surface area is 105 Å². The summed E-state index contributed by atoms with van der Waals surface area (Å²) in [6.45, 7) is 7.53. The van der Waals surface area contributed by atoms with Crippen LogP contribution >= 0.6 is 11.8 Å². The Hall–Kier alpha value is 0.0600. The summed E-state index contributed by atoms with van der Waals surface area (Å²) in [5.74, 6) is 0.653. The molecule has 1 heterocycles. The summed E-state index contributed by atoms with van der Waals surface area (Å²) in [5, 5.41) is 3.45. The molecule has 0 aromatic rings. The average molecular weight is 270 g/mol. The minimum absolute atomic E-state index is 0.0816. The largest absolute Gasteiger partial charge is 0.441 e. The Kier molecular flexibility index (Phi) is 6.09. The van der Waals surface area contributed by atoms with Gasteiger partial charge in [0.1, 0.15) is 0 Å². The van der Waals surface area contributed by atoms with Crippen LogP contribution in [0.3, 0.4) is 0 Å². The Bertz CT molecular complexity index is 221. The van der Waals surface area contributed by atoms with Crippen molar-refractivity contribution in [2.24, 2.45) is 5.92 Å². The van der Waals surface area contributed by atoms with Gasteiger partial charge >= 0.3 is 5.51 Å². The minimum atomic E-state index is -4.10. The minimum Gasteiger partial charge on any atom is -0.312 e. The Morgan fingerprint density at radius 3 is 2.71 bits per heavy atom. The highest BCUT2D eigenvalue weighted by molar-refractivity contribution is 8.00. The normalized spacial score (nSPS) is 24.0. The van der Waals surface area contributed by atoms with E-state index in [1.165, 1.54) is 0 Å². The van der Waals surface area contributed by atoms with Gasteiger partial charge in [-0.3, -0.25) is 0 Å². The molecule has 0 aliphatic carbocycles. The first kappa shape index (κ1) is 15.1. The number of alkyl halides is 3. The number of hydrogen-bond acceptors (Lipinski definition) is 3.